The van der Waals surface area contributed by atoms with Gasteiger partial charge >= 0.3 is 0 Å². The van der Waals surface area contributed by atoms with Crippen molar-refractivity contribution in [3.05, 3.63) is 17.2 Å². The van der Waals surface area contributed by atoms with Gasteiger partial charge in [-0.05, 0) is 32.1 Å². The smallest absolute Gasteiger partial charge is 0.238 e. The fourth-order valence-electron chi connectivity index (χ4n) is 2.79. The highest BCUT2D eigenvalue weighted by Crippen LogP contribution is 2.50. The molecule has 0 spiro atoms. The summed E-state index contributed by atoms with van der Waals surface area (Å²) >= 11 is 6.07. The lowest BCUT2D eigenvalue weighted by Gasteiger charge is -2.13. The Hall–Kier alpha value is -1.47. The zero-order valence-corrected chi connectivity index (χ0v) is 13.9. The van der Waals surface area contributed by atoms with E-state index in [2.05, 4.69) is 22.0 Å². The minimum atomic E-state index is -0.686. The van der Waals surface area contributed by atoms with Crippen LogP contribution in [0, 0.1) is 0 Å². The second-order valence-electron chi connectivity index (χ2n) is 6.09. The van der Waals surface area contributed by atoms with Crippen molar-refractivity contribution < 1.29 is 9.13 Å². The highest BCUT2D eigenvalue weighted by molar-refractivity contribution is 6.32. The minimum Gasteiger partial charge on any atom is -0.378 e. The van der Waals surface area contributed by atoms with Gasteiger partial charge < -0.3 is 10.5 Å². The normalized spacial score (nSPS) is 22.5. The maximum Gasteiger partial charge on any atom is 0.238 e. The van der Waals surface area contributed by atoms with Gasteiger partial charge in [-0.15, -0.1) is 5.10 Å². The Kier molecular flexibility index (Phi) is 4.68. The summed E-state index contributed by atoms with van der Waals surface area (Å²) in [6.45, 7) is 3.23. The van der Waals surface area contributed by atoms with Crippen LogP contribution in [0.3, 0.4) is 0 Å². The van der Waals surface area contributed by atoms with E-state index in [1.54, 1.807) is 10.7 Å². The molecule has 1 aliphatic carbocycles. The molecule has 2 aromatic heterocycles. The Balaban J connectivity index is 0.000000188. The number of aromatic nitrogens is 4. The van der Waals surface area contributed by atoms with E-state index in [1.165, 1.54) is 0 Å². The zero-order valence-electron chi connectivity index (χ0n) is 13.1. The summed E-state index contributed by atoms with van der Waals surface area (Å²) in [7, 11) is 0. The van der Waals surface area contributed by atoms with Gasteiger partial charge in [-0.25, -0.2) is 18.9 Å². The molecule has 1 aliphatic heterocycles. The number of alkyl halides is 1. The van der Waals surface area contributed by atoms with Crippen LogP contribution in [0.4, 0.5) is 10.3 Å². The van der Waals surface area contributed by atoms with Crippen molar-refractivity contribution in [1.29, 1.82) is 0 Å². The molecule has 2 N–H and O–H groups in total. The highest BCUT2D eigenvalue weighted by Gasteiger charge is 2.46. The lowest BCUT2D eigenvalue weighted by Crippen LogP contribution is -2.17. The molecule has 6 nitrogen and oxygen atoms in total. The third-order valence-corrected chi connectivity index (χ3v) is 4.75. The van der Waals surface area contributed by atoms with E-state index < -0.39 is 6.17 Å². The van der Waals surface area contributed by atoms with Gasteiger partial charge in [-0.3, -0.25) is 0 Å². The van der Waals surface area contributed by atoms with Gasteiger partial charge in [0.2, 0.25) is 5.95 Å². The first kappa shape index (κ1) is 16.4. The van der Waals surface area contributed by atoms with Gasteiger partial charge in [-0.1, -0.05) is 18.5 Å². The number of ether oxygens (including phenoxy) is 1. The van der Waals surface area contributed by atoms with Crippen LogP contribution in [0.2, 0.25) is 5.15 Å². The number of hydrogen-bond donors (Lipinski definition) is 1. The van der Waals surface area contributed by atoms with Crippen molar-refractivity contribution in [1.82, 2.24) is 19.6 Å². The molecular formula is C15H21ClFN5O. The Morgan fingerprint density at radius 3 is 2.83 bits per heavy atom. The van der Waals surface area contributed by atoms with Crippen molar-refractivity contribution >= 4 is 23.1 Å². The molecule has 1 saturated heterocycles. The molecule has 8 heteroatoms. The maximum absolute atomic E-state index is 12.1. The number of imidazole rings is 1. The van der Waals surface area contributed by atoms with Gasteiger partial charge in [0.05, 0.1) is 12.8 Å². The molecule has 2 aromatic rings. The van der Waals surface area contributed by atoms with Crippen LogP contribution in [-0.4, -0.2) is 39.0 Å². The van der Waals surface area contributed by atoms with Gasteiger partial charge in [0.1, 0.15) is 17.5 Å². The summed E-state index contributed by atoms with van der Waals surface area (Å²) in [5.74, 6) is 1.17. The van der Waals surface area contributed by atoms with Gasteiger partial charge in [0.15, 0.2) is 5.15 Å². The molecule has 2 fully saturated rings. The monoisotopic (exact) mass is 341 g/mol. The van der Waals surface area contributed by atoms with E-state index in [-0.39, 0.29) is 11.4 Å². The van der Waals surface area contributed by atoms with E-state index in [9.17, 15) is 4.39 Å². The van der Waals surface area contributed by atoms with E-state index in [1.807, 2.05) is 0 Å². The SMILES string of the molecule is CCC1(c2nc(Cl)c3cnc(N)nn23)CC1.FC1CCCOC1. The molecule has 23 heavy (non-hydrogen) atoms. The third-order valence-electron chi connectivity index (χ3n) is 4.48. The third kappa shape index (κ3) is 3.40. The van der Waals surface area contributed by atoms with Crippen molar-refractivity contribution in [3.8, 4) is 0 Å². The average Bonchev–Trinajstić information content (AvgIpc) is 3.28. The van der Waals surface area contributed by atoms with Gasteiger partial charge in [0, 0.05) is 12.0 Å². The molecule has 1 unspecified atom stereocenters. The summed E-state index contributed by atoms with van der Waals surface area (Å²) in [5.41, 5.74) is 6.47. The van der Waals surface area contributed by atoms with Crippen molar-refractivity contribution in [2.24, 2.45) is 0 Å². The van der Waals surface area contributed by atoms with Crippen LogP contribution in [0.1, 0.15) is 44.9 Å². The van der Waals surface area contributed by atoms with Crippen LogP contribution in [0.5, 0.6) is 0 Å². The van der Waals surface area contributed by atoms with Crippen molar-refractivity contribution in [3.63, 3.8) is 0 Å². The van der Waals surface area contributed by atoms with E-state index in [0.717, 1.165) is 43.6 Å². The Morgan fingerprint density at radius 1 is 1.52 bits per heavy atom. The van der Waals surface area contributed by atoms with E-state index in [0.29, 0.717) is 18.2 Å². The molecule has 126 valence electrons. The average molecular weight is 342 g/mol. The summed E-state index contributed by atoms with van der Waals surface area (Å²) < 4.78 is 18.6. The predicted octanol–water partition coefficient (Wildman–Crippen LogP) is 2.94. The summed E-state index contributed by atoms with van der Waals surface area (Å²) in [5, 5.41) is 4.64. The number of fused-ring (bicyclic) bond motifs is 1. The van der Waals surface area contributed by atoms with Crippen molar-refractivity contribution in [2.75, 3.05) is 18.9 Å². The molecule has 0 amide bonds. The highest BCUT2D eigenvalue weighted by atomic mass is 35.5. The number of halogens is 2. The molecule has 0 radical (unpaired) electrons. The standard InChI is InChI=1S/C10H12ClN5.C5H9FO/c1-2-10(3-4-10)8-14-7(11)6-5-13-9(12)15-16(6)8;6-5-2-1-3-7-4-5/h5H,2-4H2,1H3,(H2,12,15);5H,1-4H2. The number of hydrogen-bond acceptors (Lipinski definition) is 5. The molecule has 0 aromatic carbocycles. The second-order valence-corrected chi connectivity index (χ2v) is 6.45. The number of nitrogen functional groups attached to an aromatic ring is 1. The topological polar surface area (TPSA) is 78.3 Å². The molecular weight excluding hydrogens is 321 g/mol. The predicted molar refractivity (Wildman–Crippen MR) is 86.4 cm³/mol. The molecule has 3 heterocycles. The quantitative estimate of drug-likeness (QED) is 0.908. The molecule has 1 atom stereocenters. The first-order valence-corrected chi connectivity index (χ1v) is 8.32. The molecule has 2 aliphatic rings. The van der Waals surface area contributed by atoms with E-state index in [4.69, 9.17) is 22.1 Å². The first-order valence-electron chi connectivity index (χ1n) is 7.95. The largest absolute Gasteiger partial charge is 0.378 e. The number of rotatable bonds is 2. The van der Waals surface area contributed by atoms with Crippen LogP contribution in [0.25, 0.3) is 5.52 Å². The maximum atomic E-state index is 12.1. The van der Waals surface area contributed by atoms with Crippen molar-refractivity contribution in [2.45, 2.75) is 50.6 Å². The number of nitrogens with zero attached hydrogens (tertiary/aromatic N) is 4. The minimum absolute atomic E-state index is 0.150. The van der Waals surface area contributed by atoms with Gasteiger partial charge in [-0.2, -0.15) is 0 Å². The van der Waals surface area contributed by atoms with Crippen LogP contribution >= 0.6 is 11.6 Å². The number of anilines is 1. The van der Waals surface area contributed by atoms with Crippen LogP contribution in [-0.2, 0) is 10.2 Å². The number of nitrogens with two attached hydrogens (primary N) is 1. The Morgan fingerprint density at radius 2 is 2.30 bits per heavy atom. The lowest BCUT2D eigenvalue weighted by molar-refractivity contribution is 0.0366. The Labute approximate surface area is 139 Å². The zero-order chi connectivity index (χ0) is 16.4. The second kappa shape index (κ2) is 6.57. The fraction of sp³-hybridized carbons (Fsp3) is 0.667. The summed E-state index contributed by atoms with van der Waals surface area (Å²) in [6.07, 6.45) is 5.85. The van der Waals surface area contributed by atoms with Crippen LogP contribution < -0.4 is 5.73 Å². The molecule has 4 rings (SSSR count). The summed E-state index contributed by atoms with van der Waals surface area (Å²) in [6, 6.07) is 0. The van der Waals surface area contributed by atoms with Gasteiger partial charge in [0.25, 0.3) is 0 Å². The molecule has 1 saturated carbocycles. The molecule has 0 bridgehead atoms. The Bertz CT molecular complexity index is 682. The van der Waals surface area contributed by atoms with E-state index >= 15 is 0 Å². The first-order chi connectivity index (χ1) is 11.1. The lowest BCUT2D eigenvalue weighted by atomic mass is 10.0. The summed E-state index contributed by atoms with van der Waals surface area (Å²) in [4.78, 5) is 8.34. The fourth-order valence-corrected chi connectivity index (χ4v) is 3.00. The van der Waals surface area contributed by atoms with Crippen LogP contribution in [0.15, 0.2) is 6.20 Å².